The molecule has 1 aliphatic carbocycles. The van der Waals surface area contributed by atoms with Crippen molar-refractivity contribution in [1.29, 1.82) is 0 Å². The molecule has 0 bridgehead atoms. The van der Waals surface area contributed by atoms with Gasteiger partial charge in [0, 0.05) is 18.0 Å². The normalized spacial score (nSPS) is 21.5. The maximum absolute atomic E-state index is 12.7. The van der Waals surface area contributed by atoms with Crippen molar-refractivity contribution in [2.75, 3.05) is 11.9 Å². The van der Waals surface area contributed by atoms with E-state index in [1.165, 1.54) is 18.3 Å². The van der Waals surface area contributed by atoms with Gasteiger partial charge < -0.3 is 15.8 Å². The minimum Gasteiger partial charge on any atom is -0.471 e. The zero-order valence-corrected chi connectivity index (χ0v) is 12.1. The Morgan fingerprint density at radius 1 is 1.43 bits per heavy atom. The smallest absolute Gasteiger partial charge is 0.340 e. The van der Waals surface area contributed by atoms with Gasteiger partial charge in [0.05, 0.1) is 11.9 Å². The van der Waals surface area contributed by atoms with Gasteiger partial charge in [0.25, 0.3) is 0 Å². The van der Waals surface area contributed by atoms with Crippen LogP contribution in [0.15, 0.2) is 18.3 Å². The topological polar surface area (TPSA) is 77.2 Å². The minimum absolute atomic E-state index is 0.0242. The van der Waals surface area contributed by atoms with Crippen molar-refractivity contribution in [3.05, 3.63) is 18.3 Å². The fraction of sp³-hybridized carbons (Fsp3) is 0.571. The summed E-state index contributed by atoms with van der Waals surface area (Å²) >= 11 is 0. The van der Waals surface area contributed by atoms with Gasteiger partial charge >= 0.3 is 12.3 Å². The summed E-state index contributed by atoms with van der Waals surface area (Å²) in [7, 11) is 0. The number of nitrogens with zero attached hydrogens (tertiary/aromatic N) is 1. The molecule has 1 fully saturated rings. The van der Waals surface area contributed by atoms with E-state index in [9.17, 15) is 22.4 Å². The average Bonchev–Trinajstić information content (AvgIpc) is 2.93. The van der Waals surface area contributed by atoms with Gasteiger partial charge in [-0.1, -0.05) is 0 Å². The molecule has 1 aromatic heterocycles. The minimum atomic E-state index is -4.24. The number of alkyl halides is 4. The van der Waals surface area contributed by atoms with Crippen molar-refractivity contribution in [2.45, 2.75) is 37.7 Å². The van der Waals surface area contributed by atoms with Crippen LogP contribution in [0.2, 0.25) is 0 Å². The molecule has 0 radical (unpaired) electrons. The molecule has 3 N–H and O–H groups in total. The first-order valence-electron chi connectivity index (χ1n) is 7.09. The summed E-state index contributed by atoms with van der Waals surface area (Å²) in [6, 6.07) is 2.64. The number of aromatic nitrogens is 1. The maximum Gasteiger partial charge on any atom is 0.340 e. The van der Waals surface area contributed by atoms with E-state index in [4.69, 9.17) is 5.73 Å². The number of ether oxygens (including phenoxy) is 1. The molecule has 23 heavy (non-hydrogen) atoms. The molecule has 2 unspecified atom stereocenters. The predicted molar refractivity (Wildman–Crippen MR) is 74.6 cm³/mol. The number of carbonyl (C=O) groups excluding carboxylic acids is 1. The highest BCUT2D eigenvalue weighted by Crippen LogP contribution is 2.26. The van der Waals surface area contributed by atoms with Gasteiger partial charge in [-0.05, 0) is 25.3 Å². The van der Waals surface area contributed by atoms with Gasteiger partial charge in [0.2, 0.25) is 11.8 Å². The highest BCUT2D eigenvalue weighted by molar-refractivity contribution is 5.92. The summed E-state index contributed by atoms with van der Waals surface area (Å²) in [4.78, 5) is 15.7. The second kappa shape index (κ2) is 7.12. The number of nitrogens with one attached hydrogen (secondary N) is 1. The van der Waals surface area contributed by atoms with Crippen LogP contribution < -0.4 is 15.8 Å². The maximum atomic E-state index is 12.7. The number of carbonyl (C=O) groups is 1. The van der Waals surface area contributed by atoms with E-state index in [1.807, 2.05) is 0 Å². The van der Waals surface area contributed by atoms with Crippen LogP contribution in [0.25, 0.3) is 0 Å². The number of anilines is 1. The fourth-order valence-corrected chi connectivity index (χ4v) is 2.27. The molecule has 9 heteroatoms. The molecule has 1 aliphatic rings. The summed E-state index contributed by atoms with van der Waals surface area (Å²) in [6.07, 6.45) is -0.476. The molecule has 1 aromatic rings. The van der Waals surface area contributed by atoms with Gasteiger partial charge in [0.1, 0.15) is 0 Å². The summed E-state index contributed by atoms with van der Waals surface area (Å²) < 4.78 is 54.0. The van der Waals surface area contributed by atoms with Crippen molar-refractivity contribution >= 4 is 11.6 Å². The Balaban J connectivity index is 1.86. The highest BCUT2D eigenvalue weighted by Gasteiger charge is 2.41. The predicted octanol–water partition coefficient (Wildman–Crippen LogP) is 2.43. The Hall–Kier alpha value is -1.90. The molecule has 128 valence electrons. The highest BCUT2D eigenvalue weighted by atomic mass is 19.3. The number of hydrogen-bond acceptors (Lipinski definition) is 4. The number of rotatable bonds is 6. The van der Waals surface area contributed by atoms with Crippen molar-refractivity contribution in [3.8, 4) is 5.88 Å². The Bertz CT molecular complexity index is 539. The van der Waals surface area contributed by atoms with Crippen molar-refractivity contribution in [1.82, 2.24) is 4.98 Å². The fourth-order valence-electron chi connectivity index (χ4n) is 2.27. The van der Waals surface area contributed by atoms with E-state index < -0.39 is 19.0 Å². The first kappa shape index (κ1) is 17.5. The summed E-state index contributed by atoms with van der Waals surface area (Å²) in [6.45, 7) is -1.47. The van der Waals surface area contributed by atoms with Crippen LogP contribution in [-0.4, -0.2) is 35.9 Å². The van der Waals surface area contributed by atoms with Crippen LogP contribution in [0.4, 0.5) is 23.2 Å². The van der Waals surface area contributed by atoms with Crippen LogP contribution in [0.3, 0.4) is 0 Å². The number of halogens is 4. The lowest BCUT2D eigenvalue weighted by Gasteiger charge is -2.15. The third-order valence-corrected chi connectivity index (χ3v) is 3.58. The second-order valence-corrected chi connectivity index (χ2v) is 5.49. The number of pyridine rings is 1. The molecule has 2 atom stereocenters. The van der Waals surface area contributed by atoms with Crippen molar-refractivity contribution in [3.63, 3.8) is 0 Å². The van der Waals surface area contributed by atoms with Crippen LogP contribution in [0, 0.1) is 5.92 Å². The van der Waals surface area contributed by atoms with E-state index in [0.29, 0.717) is 18.5 Å². The number of hydrogen-bond donors (Lipinski definition) is 2. The first-order chi connectivity index (χ1) is 10.8. The molecule has 1 saturated carbocycles. The molecule has 5 nitrogen and oxygen atoms in total. The number of nitrogens with two attached hydrogens (primary N) is 1. The molecule has 0 spiro atoms. The SMILES string of the molecule is NC1CCC(C(=O)Nc2ccc(OCC(F)(F)C(F)F)nc2)C1. The molecule has 1 amide bonds. The van der Waals surface area contributed by atoms with Crippen LogP contribution >= 0.6 is 0 Å². The standard InChI is InChI=1S/C14H17F4N3O2/c15-13(16)14(17,18)7-23-11-4-3-10(6-20-11)21-12(22)8-1-2-9(19)5-8/h3-4,6,8-9,13H,1-2,5,7,19H2,(H,21,22). The van der Waals surface area contributed by atoms with E-state index in [1.54, 1.807) is 0 Å². The van der Waals surface area contributed by atoms with E-state index >= 15 is 0 Å². The Kier molecular flexibility index (Phi) is 5.40. The lowest BCUT2D eigenvalue weighted by Crippen LogP contribution is -2.33. The van der Waals surface area contributed by atoms with Crippen molar-refractivity contribution in [2.24, 2.45) is 11.7 Å². The third kappa shape index (κ3) is 4.78. The van der Waals surface area contributed by atoms with Gasteiger partial charge in [-0.3, -0.25) is 4.79 Å². The zero-order valence-electron chi connectivity index (χ0n) is 12.1. The molecule has 2 rings (SSSR count). The molecule has 1 heterocycles. The molecule has 0 aromatic carbocycles. The lowest BCUT2D eigenvalue weighted by molar-refractivity contribution is -0.148. The van der Waals surface area contributed by atoms with Gasteiger partial charge in [-0.25, -0.2) is 13.8 Å². The van der Waals surface area contributed by atoms with E-state index in [2.05, 4.69) is 15.0 Å². The van der Waals surface area contributed by atoms with Gasteiger partial charge in [0.15, 0.2) is 6.61 Å². The summed E-state index contributed by atoms with van der Waals surface area (Å²) in [5, 5.41) is 2.64. The van der Waals surface area contributed by atoms with Crippen LogP contribution in [-0.2, 0) is 4.79 Å². The Morgan fingerprint density at radius 2 is 2.17 bits per heavy atom. The van der Waals surface area contributed by atoms with E-state index in [-0.39, 0.29) is 23.7 Å². The van der Waals surface area contributed by atoms with Crippen LogP contribution in [0.1, 0.15) is 19.3 Å². The van der Waals surface area contributed by atoms with Crippen molar-refractivity contribution < 1.29 is 27.1 Å². The van der Waals surface area contributed by atoms with Gasteiger partial charge in [-0.15, -0.1) is 0 Å². The Labute approximate surface area is 130 Å². The largest absolute Gasteiger partial charge is 0.471 e. The molecule has 0 aliphatic heterocycles. The quantitative estimate of drug-likeness (QED) is 0.783. The summed E-state index contributed by atoms with van der Waals surface area (Å²) in [5.41, 5.74) is 6.11. The van der Waals surface area contributed by atoms with E-state index in [0.717, 1.165) is 6.42 Å². The average molecular weight is 335 g/mol. The molecule has 0 saturated heterocycles. The second-order valence-electron chi connectivity index (χ2n) is 5.49. The summed E-state index contributed by atoms with van der Waals surface area (Å²) in [5.74, 6) is -4.81. The third-order valence-electron chi connectivity index (χ3n) is 3.58. The Morgan fingerprint density at radius 3 is 2.70 bits per heavy atom. The number of amides is 1. The molecular weight excluding hydrogens is 318 g/mol. The lowest BCUT2D eigenvalue weighted by atomic mass is 10.1. The zero-order chi connectivity index (χ0) is 17.0. The molecular formula is C14H17F4N3O2. The monoisotopic (exact) mass is 335 g/mol. The first-order valence-corrected chi connectivity index (χ1v) is 7.09. The van der Waals surface area contributed by atoms with Crippen LogP contribution in [0.5, 0.6) is 5.88 Å². The van der Waals surface area contributed by atoms with Gasteiger partial charge in [-0.2, -0.15) is 8.78 Å².